The van der Waals surface area contributed by atoms with E-state index in [1.807, 2.05) is 31.3 Å². The van der Waals surface area contributed by atoms with Gasteiger partial charge in [0, 0.05) is 19.0 Å². The highest BCUT2D eigenvalue weighted by Crippen LogP contribution is 2.30. The number of anilines is 1. The van der Waals surface area contributed by atoms with Gasteiger partial charge in [-0.05, 0) is 25.0 Å². The van der Waals surface area contributed by atoms with Gasteiger partial charge < -0.3 is 10.8 Å². The smallest absolute Gasteiger partial charge is 0.129 e. The molecule has 1 aromatic carbocycles. The largest absolute Gasteiger partial charge is 0.390 e. The lowest BCUT2D eigenvalue weighted by molar-refractivity contribution is 0.0811. The zero-order chi connectivity index (χ0) is 13.3. The Morgan fingerprint density at radius 3 is 2.50 bits per heavy atom. The normalized spacial score (nSPS) is 11.8. The summed E-state index contributed by atoms with van der Waals surface area (Å²) in [5.41, 5.74) is 8.28. The summed E-state index contributed by atoms with van der Waals surface area (Å²) in [4.78, 5) is 0. The molecule has 2 rings (SSSR count). The van der Waals surface area contributed by atoms with Crippen LogP contribution >= 0.6 is 0 Å². The van der Waals surface area contributed by atoms with Crippen molar-refractivity contribution in [2.75, 3.05) is 5.73 Å². The van der Waals surface area contributed by atoms with Crippen LogP contribution in [0.1, 0.15) is 19.4 Å². The number of benzene rings is 1. The van der Waals surface area contributed by atoms with E-state index in [2.05, 4.69) is 5.10 Å². The van der Waals surface area contributed by atoms with Crippen LogP contribution in [0.2, 0.25) is 0 Å². The van der Waals surface area contributed by atoms with Gasteiger partial charge in [0.05, 0.1) is 11.8 Å². The molecule has 0 fully saturated rings. The topological polar surface area (TPSA) is 64.1 Å². The molecule has 18 heavy (non-hydrogen) atoms. The van der Waals surface area contributed by atoms with E-state index in [1.54, 1.807) is 24.7 Å². The van der Waals surface area contributed by atoms with Crippen molar-refractivity contribution in [3.05, 3.63) is 36.0 Å². The summed E-state index contributed by atoms with van der Waals surface area (Å²) >= 11 is 0. The lowest BCUT2D eigenvalue weighted by Gasteiger charge is -2.19. The Labute approximate surface area is 107 Å². The van der Waals surface area contributed by atoms with E-state index in [0.29, 0.717) is 12.2 Å². The van der Waals surface area contributed by atoms with E-state index in [-0.39, 0.29) is 0 Å². The van der Waals surface area contributed by atoms with Gasteiger partial charge in [0.1, 0.15) is 5.82 Å². The highest BCUT2D eigenvalue weighted by Gasteiger charge is 2.18. The zero-order valence-corrected chi connectivity index (χ0v) is 11.0. The Morgan fingerprint density at radius 1 is 1.28 bits per heavy atom. The molecule has 0 spiro atoms. The van der Waals surface area contributed by atoms with Gasteiger partial charge in [-0.15, -0.1) is 0 Å². The SMILES string of the molecule is Cn1ncc(-c2ccccc2CC(C)(C)O)c1N. The van der Waals surface area contributed by atoms with Crippen LogP contribution in [0.3, 0.4) is 0 Å². The molecule has 0 unspecified atom stereocenters. The van der Waals surface area contributed by atoms with Crippen molar-refractivity contribution in [1.82, 2.24) is 9.78 Å². The van der Waals surface area contributed by atoms with Crippen molar-refractivity contribution in [2.24, 2.45) is 7.05 Å². The minimum Gasteiger partial charge on any atom is -0.390 e. The van der Waals surface area contributed by atoms with Crippen molar-refractivity contribution in [3.63, 3.8) is 0 Å². The molecule has 0 saturated heterocycles. The first-order chi connectivity index (χ1) is 8.38. The number of nitrogens with two attached hydrogens (primary N) is 1. The lowest BCUT2D eigenvalue weighted by Crippen LogP contribution is -2.22. The first-order valence-corrected chi connectivity index (χ1v) is 5.96. The zero-order valence-electron chi connectivity index (χ0n) is 11.0. The number of aromatic nitrogens is 2. The Kier molecular flexibility index (Phi) is 3.13. The molecule has 0 atom stereocenters. The van der Waals surface area contributed by atoms with Crippen LogP contribution in [0, 0.1) is 0 Å². The minimum absolute atomic E-state index is 0.581. The van der Waals surface area contributed by atoms with Crippen LogP contribution in [0.4, 0.5) is 5.82 Å². The van der Waals surface area contributed by atoms with Crippen LogP contribution in [-0.4, -0.2) is 20.5 Å². The van der Waals surface area contributed by atoms with E-state index < -0.39 is 5.60 Å². The maximum atomic E-state index is 9.96. The molecule has 2 aromatic rings. The molecule has 96 valence electrons. The van der Waals surface area contributed by atoms with Crippen molar-refractivity contribution in [2.45, 2.75) is 25.9 Å². The van der Waals surface area contributed by atoms with Crippen molar-refractivity contribution in [1.29, 1.82) is 0 Å². The van der Waals surface area contributed by atoms with Gasteiger partial charge in [0.2, 0.25) is 0 Å². The molecular formula is C14H19N3O. The fourth-order valence-electron chi connectivity index (χ4n) is 2.06. The van der Waals surface area contributed by atoms with Gasteiger partial charge in [0.15, 0.2) is 0 Å². The number of aliphatic hydroxyl groups is 1. The molecule has 0 amide bonds. The second-order valence-corrected chi connectivity index (χ2v) is 5.21. The molecule has 0 aliphatic carbocycles. The molecule has 0 aliphatic rings. The predicted octanol–water partition coefficient (Wildman–Crippen LogP) is 1.98. The monoisotopic (exact) mass is 245 g/mol. The van der Waals surface area contributed by atoms with Gasteiger partial charge >= 0.3 is 0 Å². The quantitative estimate of drug-likeness (QED) is 0.869. The Balaban J connectivity index is 2.48. The maximum absolute atomic E-state index is 9.96. The molecule has 4 heteroatoms. The number of rotatable bonds is 3. The number of aryl methyl sites for hydroxylation is 1. The van der Waals surface area contributed by atoms with E-state index in [4.69, 9.17) is 5.73 Å². The van der Waals surface area contributed by atoms with Crippen LogP contribution in [0.15, 0.2) is 30.5 Å². The van der Waals surface area contributed by atoms with Crippen LogP contribution in [-0.2, 0) is 13.5 Å². The maximum Gasteiger partial charge on any atom is 0.129 e. The van der Waals surface area contributed by atoms with Crippen LogP contribution < -0.4 is 5.73 Å². The summed E-state index contributed by atoms with van der Waals surface area (Å²) < 4.78 is 1.65. The highest BCUT2D eigenvalue weighted by atomic mass is 16.3. The molecule has 4 nitrogen and oxygen atoms in total. The molecule has 1 heterocycles. The fourth-order valence-corrected chi connectivity index (χ4v) is 2.06. The molecule has 0 radical (unpaired) electrons. The summed E-state index contributed by atoms with van der Waals surface area (Å²) in [7, 11) is 1.82. The standard InChI is InChI=1S/C14H19N3O/c1-14(2,18)8-10-6-4-5-7-11(10)12-9-16-17(3)13(12)15/h4-7,9,18H,8,15H2,1-3H3. The average Bonchev–Trinajstić information content (AvgIpc) is 2.59. The van der Waals surface area contributed by atoms with Crippen molar-refractivity contribution >= 4 is 5.82 Å². The highest BCUT2D eigenvalue weighted by molar-refractivity contribution is 5.76. The number of hydrogen-bond donors (Lipinski definition) is 2. The Bertz CT molecular complexity index is 552. The number of hydrogen-bond acceptors (Lipinski definition) is 3. The van der Waals surface area contributed by atoms with E-state index in [9.17, 15) is 5.11 Å². The van der Waals surface area contributed by atoms with Gasteiger partial charge in [-0.2, -0.15) is 5.10 Å². The third kappa shape index (κ3) is 2.54. The van der Waals surface area contributed by atoms with E-state index in [1.165, 1.54) is 0 Å². The van der Waals surface area contributed by atoms with Crippen LogP contribution in [0.5, 0.6) is 0 Å². The second kappa shape index (κ2) is 4.46. The van der Waals surface area contributed by atoms with Crippen LogP contribution in [0.25, 0.3) is 11.1 Å². The van der Waals surface area contributed by atoms with E-state index in [0.717, 1.165) is 16.7 Å². The molecule has 0 aliphatic heterocycles. The number of nitrogen functional groups attached to an aromatic ring is 1. The predicted molar refractivity (Wildman–Crippen MR) is 73.1 cm³/mol. The first kappa shape index (κ1) is 12.6. The second-order valence-electron chi connectivity index (χ2n) is 5.21. The molecule has 3 N–H and O–H groups in total. The van der Waals surface area contributed by atoms with E-state index >= 15 is 0 Å². The summed E-state index contributed by atoms with van der Waals surface area (Å²) in [5, 5.41) is 14.1. The molecule has 0 saturated carbocycles. The first-order valence-electron chi connectivity index (χ1n) is 5.96. The summed E-state index contributed by atoms with van der Waals surface area (Å²) in [5.74, 6) is 0.637. The third-order valence-electron chi connectivity index (χ3n) is 2.92. The fraction of sp³-hybridized carbons (Fsp3) is 0.357. The summed E-state index contributed by atoms with van der Waals surface area (Å²) in [6.07, 6.45) is 2.34. The van der Waals surface area contributed by atoms with Gasteiger partial charge in [-0.1, -0.05) is 24.3 Å². The van der Waals surface area contributed by atoms with Gasteiger partial charge in [0.25, 0.3) is 0 Å². The Hall–Kier alpha value is -1.81. The van der Waals surface area contributed by atoms with Crippen molar-refractivity contribution < 1.29 is 5.11 Å². The minimum atomic E-state index is -0.743. The summed E-state index contributed by atoms with van der Waals surface area (Å²) in [6, 6.07) is 7.96. The number of nitrogens with zero attached hydrogens (tertiary/aromatic N) is 2. The molecular weight excluding hydrogens is 226 g/mol. The summed E-state index contributed by atoms with van der Waals surface area (Å²) in [6.45, 7) is 3.60. The lowest BCUT2D eigenvalue weighted by atomic mass is 9.92. The van der Waals surface area contributed by atoms with Crippen molar-refractivity contribution in [3.8, 4) is 11.1 Å². The third-order valence-corrected chi connectivity index (χ3v) is 2.92. The molecule has 1 aromatic heterocycles. The molecule has 0 bridgehead atoms. The Morgan fingerprint density at radius 2 is 1.94 bits per heavy atom. The van der Waals surface area contributed by atoms with Gasteiger partial charge in [-0.3, -0.25) is 4.68 Å². The average molecular weight is 245 g/mol. The van der Waals surface area contributed by atoms with Gasteiger partial charge in [-0.25, -0.2) is 0 Å².